The van der Waals surface area contributed by atoms with Gasteiger partial charge in [0.15, 0.2) is 0 Å². The van der Waals surface area contributed by atoms with Crippen LogP contribution < -0.4 is 10.1 Å². The smallest absolute Gasteiger partial charge is 0.372 e. The maximum atomic E-state index is 11.6. The molecule has 9 heteroatoms. The Hall–Kier alpha value is -2.45. The second-order valence-electron chi connectivity index (χ2n) is 4.91. The van der Waals surface area contributed by atoms with Crippen LogP contribution in [0.1, 0.15) is 32.1 Å². The number of aromatic nitrogens is 2. The molecule has 0 atom stereocenters. The molecule has 1 fully saturated rings. The summed E-state index contributed by atoms with van der Waals surface area (Å²) in [4.78, 5) is 29.6. The molecule has 0 radical (unpaired) electrons. The van der Waals surface area contributed by atoms with Gasteiger partial charge >= 0.3 is 11.7 Å². The van der Waals surface area contributed by atoms with Crippen molar-refractivity contribution in [3.63, 3.8) is 0 Å². The predicted molar refractivity (Wildman–Crippen MR) is 72.3 cm³/mol. The van der Waals surface area contributed by atoms with Crippen molar-refractivity contribution in [3.8, 4) is 5.88 Å². The van der Waals surface area contributed by atoms with Gasteiger partial charge in [-0.2, -0.15) is 4.98 Å². The van der Waals surface area contributed by atoms with E-state index in [1.165, 1.54) is 7.11 Å². The van der Waals surface area contributed by atoms with Crippen LogP contribution in [-0.4, -0.2) is 38.6 Å². The summed E-state index contributed by atoms with van der Waals surface area (Å²) < 4.78 is 4.85. The van der Waals surface area contributed by atoms with Crippen molar-refractivity contribution >= 4 is 17.5 Å². The first kappa shape index (κ1) is 14.9. The fourth-order valence-electron chi connectivity index (χ4n) is 2.54. The monoisotopic (exact) mass is 296 g/mol. The van der Waals surface area contributed by atoms with Gasteiger partial charge in [0.05, 0.1) is 12.0 Å². The number of carbonyl (C=O) groups is 1. The third-order valence-electron chi connectivity index (χ3n) is 3.64. The van der Waals surface area contributed by atoms with Crippen LogP contribution in [0.25, 0.3) is 0 Å². The molecule has 2 N–H and O–H groups in total. The summed E-state index contributed by atoms with van der Waals surface area (Å²) >= 11 is 0. The zero-order valence-corrected chi connectivity index (χ0v) is 11.5. The number of nitro groups is 1. The van der Waals surface area contributed by atoms with Crippen LogP contribution in [0.5, 0.6) is 5.88 Å². The van der Waals surface area contributed by atoms with Crippen LogP contribution >= 0.6 is 0 Å². The fraction of sp³-hybridized carbons (Fsp3) is 0.583. The Labute approximate surface area is 120 Å². The molecule has 2 rings (SSSR count). The molecule has 1 aliphatic carbocycles. The van der Waals surface area contributed by atoms with E-state index in [2.05, 4.69) is 15.3 Å². The minimum Gasteiger partial charge on any atom is -0.480 e. The van der Waals surface area contributed by atoms with Crippen LogP contribution in [0.4, 0.5) is 11.5 Å². The van der Waals surface area contributed by atoms with Crippen LogP contribution in [0, 0.1) is 10.1 Å². The highest BCUT2D eigenvalue weighted by Gasteiger charge is 2.42. The van der Waals surface area contributed by atoms with Crippen LogP contribution in [-0.2, 0) is 4.79 Å². The summed E-state index contributed by atoms with van der Waals surface area (Å²) in [5.74, 6) is -1.36. The molecule has 1 aromatic heterocycles. The second kappa shape index (κ2) is 5.90. The van der Waals surface area contributed by atoms with Crippen LogP contribution in [0.2, 0.25) is 0 Å². The maximum absolute atomic E-state index is 11.6. The zero-order valence-electron chi connectivity index (χ0n) is 11.5. The summed E-state index contributed by atoms with van der Waals surface area (Å²) in [5, 5.41) is 23.4. The Morgan fingerprint density at radius 1 is 1.43 bits per heavy atom. The Bertz CT molecular complexity index is 557. The van der Waals surface area contributed by atoms with E-state index in [9.17, 15) is 20.0 Å². The third kappa shape index (κ3) is 2.86. The largest absolute Gasteiger partial charge is 0.480 e. The average molecular weight is 296 g/mol. The number of hydrogen-bond acceptors (Lipinski definition) is 7. The third-order valence-corrected chi connectivity index (χ3v) is 3.64. The molecule has 1 saturated carbocycles. The van der Waals surface area contributed by atoms with Gasteiger partial charge in [0.1, 0.15) is 11.9 Å². The number of nitrogens with one attached hydrogen (secondary N) is 1. The van der Waals surface area contributed by atoms with E-state index in [0.717, 1.165) is 25.6 Å². The summed E-state index contributed by atoms with van der Waals surface area (Å²) in [7, 11) is 1.26. The Morgan fingerprint density at radius 2 is 2.10 bits per heavy atom. The standard InChI is InChI=1S/C12H16N4O5/c1-21-10-8(16(19)20)9(13-7-14-10)15-12(11(17)18)5-3-2-4-6-12/h7H,2-6H2,1H3,(H,17,18)(H,13,14,15). The van der Waals surface area contributed by atoms with Gasteiger partial charge < -0.3 is 15.2 Å². The topological polar surface area (TPSA) is 127 Å². The molecule has 1 heterocycles. The summed E-state index contributed by atoms with van der Waals surface area (Å²) in [5.41, 5.74) is -1.69. The van der Waals surface area contributed by atoms with Gasteiger partial charge in [0.25, 0.3) is 5.88 Å². The first-order valence-electron chi connectivity index (χ1n) is 6.55. The first-order chi connectivity index (χ1) is 10.00. The minimum absolute atomic E-state index is 0.129. The molecule has 0 saturated heterocycles. The highest BCUT2D eigenvalue weighted by atomic mass is 16.6. The first-order valence-corrected chi connectivity index (χ1v) is 6.55. The molecule has 0 bridgehead atoms. The Kier molecular flexibility index (Phi) is 4.20. The van der Waals surface area contributed by atoms with Crippen molar-refractivity contribution in [2.75, 3.05) is 12.4 Å². The van der Waals surface area contributed by atoms with Gasteiger partial charge in [-0.25, -0.2) is 9.78 Å². The van der Waals surface area contributed by atoms with E-state index >= 15 is 0 Å². The number of ether oxygens (including phenoxy) is 1. The molecule has 114 valence electrons. The Balaban J connectivity index is 2.41. The van der Waals surface area contributed by atoms with Crippen molar-refractivity contribution in [3.05, 3.63) is 16.4 Å². The molecular weight excluding hydrogens is 280 g/mol. The molecule has 9 nitrogen and oxygen atoms in total. The number of aliphatic carboxylic acids is 1. The molecule has 21 heavy (non-hydrogen) atoms. The normalized spacial score (nSPS) is 17.0. The van der Waals surface area contributed by atoms with Gasteiger partial charge in [-0.05, 0) is 12.8 Å². The SMILES string of the molecule is COc1ncnc(NC2(C(=O)O)CCCCC2)c1[N+](=O)[O-]. The van der Waals surface area contributed by atoms with Crippen molar-refractivity contribution in [1.29, 1.82) is 0 Å². The van der Waals surface area contributed by atoms with E-state index in [1.807, 2.05) is 0 Å². The molecular formula is C12H16N4O5. The highest BCUT2D eigenvalue weighted by molar-refractivity contribution is 5.83. The molecule has 0 amide bonds. The van der Waals surface area contributed by atoms with Gasteiger partial charge in [-0.15, -0.1) is 0 Å². The number of methoxy groups -OCH3 is 1. The second-order valence-corrected chi connectivity index (χ2v) is 4.91. The number of hydrogen-bond donors (Lipinski definition) is 2. The summed E-state index contributed by atoms with van der Waals surface area (Å²) in [6.07, 6.45) is 4.33. The maximum Gasteiger partial charge on any atom is 0.372 e. The number of anilines is 1. The number of carboxylic acid groups (broad SMARTS) is 1. The molecule has 0 aliphatic heterocycles. The lowest BCUT2D eigenvalue weighted by molar-refractivity contribution is -0.385. The Morgan fingerprint density at radius 3 is 2.62 bits per heavy atom. The average Bonchev–Trinajstić information content (AvgIpc) is 2.47. The van der Waals surface area contributed by atoms with E-state index in [0.29, 0.717) is 12.8 Å². The number of nitrogens with zero attached hydrogens (tertiary/aromatic N) is 3. The number of carboxylic acids is 1. The van der Waals surface area contributed by atoms with Crippen molar-refractivity contribution in [1.82, 2.24) is 9.97 Å². The lowest BCUT2D eigenvalue weighted by Crippen LogP contribution is -2.48. The molecule has 0 spiro atoms. The molecule has 1 aliphatic rings. The van der Waals surface area contributed by atoms with E-state index in [1.54, 1.807) is 0 Å². The quantitative estimate of drug-likeness (QED) is 0.619. The van der Waals surface area contributed by atoms with Crippen molar-refractivity contribution in [2.24, 2.45) is 0 Å². The van der Waals surface area contributed by atoms with Crippen molar-refractivity contribution < 1.29 is 19.6 Å². The van der Waals surface area contributed by atoms with E-state index in [4.69, 9.17) is 4.74 Å². The molecule has 1 aromatic rings. The zero-order chi connectivity index (χ0) is 15.5. The molecule has 0 aromatic carbocycles. The van der Waals surface area contributed by atoms with Gasteiger partial charge in [-0.1, -0.05) is 19.3 Å². The van der Waals surface area contributed by atoms with Crippen molar-refractivity contribution in [2.45, 2.75) is 37.6 Å². The highest BCUT2D eigenvalue weighted by Crippen LogP contribution is 2.37. The van der Waals surface area contributed by atoms with E-state index in [-0.39, 0.29) is 11.7 Å². The van der Waals surface area contributed by atoms with Gasteiger partial charge in [0.2, 0.25) is 5.82 Å². The number of rotatable bonds is 5. The van der Waals surface area contributed by atoms with Gasteiger partial charge in [0, 0.05) is 0 Å². The van der Waals surface area contributed by atoms with Gasteiger partial charge in [-0.3, -0.25) is 10.1 Å². The molecule has 0 unspecified atom stereocenters. The van der Waals surface area contributed by atoms with Crippen LogP contribution in [0.15, 0.2) is 6.33 Å². The van der Waals surface area contributed by atoms with E-state index < -0.39 is 22.1 Å². The predicted octanol–water partition coefficient (Wildman–Crippen LogP) is 1.59. The summed E-state index contributed by atoms with van der Waals surface area (Å²) in [6, 6.07) is 0. The lowest BCUT2D eigenvalue weighted by Gasteiger charge is -2.34. The minimum atomic E-state index is -1.23. The summed E-state index contributed by atoms with van der Waals surface area (Å²) in [6.45, 7) is 0. The van der Waals surface area contributed by atoms with Crippen LogP contribution in [0.3, 0.4) is 0 Å². The fourth-order valence-corrected chi connectivity index (χ4v) is 2.54. The lowest BCUT2D eigenvalue weighted by atomic mass is 9.81.